The lowest BCUT2D eigenvalue weighted by molar-refractivity contribution is -0.122. The summed E-state index contributed by atoms with van der Waals surface area (Å²) in [5, 5.41) is 12.5. The number of rotatable bonds is 6. The number of ketones is 1. The van der Waals surface area contributed by atoms with E-state index in [4.69, 9.17) is 0 Å². The number of benzene rings is 1. The molecule has 0 saturated heterocycles. The Balaban J connectivity index is 1.73. The van der Waals surface area contributed by atoms with Crippen LogP contribution in [0.5, 0.6) is 0 Å². The van der Waals surface area contributed by atoms with E-state index in [9.17, 15) is 14.7 Å². The van der Waals surface area contributed by atoms with Crippen molar-refractivity contribution in [3.8, 4) is 10.4 Å². The zero-order valence-corrected chi connectivity index (χ0v) is 14.3. The summed E-state index contributed by atoms with van der Waals surface area (Å²) < 4.78 is 0. The highest BCUT2D eigenvalue weighted by Gasteiger charge is 2.22. The summed E-state index contributed by atoms with van der Waals surface area (Å²) in [6.45, 7) is 0.204. The Morgan fingerprint density at radius 3 is 2.50 bits per heavy atom. The molecule has 0 amide bonds. The van der Waals surface area contributed by atoms with Gasteiger partial charge in [-0.1, -0.05) is 49.6 Å². The Hall–Kier alpha value is -2.14. The Kier molecular flexibility index (Phi) is 5.30. The van der Waals surface area contributed by atoms with Crippen molar-refractivity contribution in [2.45, 2.75) is 32.1 Å². The standard InChI is InChI=1S/C19H21NO3S/c21-16(13-7-3-1-4-8-13)12-20-15-11-17(24-18(15)19(22)23)14-9-5-2-6-10-14/h2,5-6,9-11,13,20H,1,3-4,7-8,12H2,(H,22,23). The molecule has 1 fully saturated rings. The van der Waals surface area contributed by atoms with E-state index in [1.165, 1.54) is 17.8 Å². The number of carboxylic acid groups (broad SMARTS) is 1. The van der Waals surface area contributed by atoms with Gasteiger partial charge in [-0.2, -0.15) is 0 Å². The van der Waals surface area contributed by atoms with Gasteiger partial charge in [0.25, 0.3) is 0 Å². The molecule has 5 heteroatoms. The largest absolute Gasteiger partial charge is 0.477 e. The molecule has 1 aliphatic carbocycles. The molecule has 0 spiro atoms. The van der Waals surface area contributed by atoms with E-state index in [-0.39, 0.29) is 23.1 Å². The van der Waals surface area contributed by atoms with Gasteiger partial charge in [0.05, 0.1) is 12.2 Å². The second-order valence-electron chi connectivity index (χ2n) is 6.18. The van der Waals surface area contributed by atoms with Crippen molar-refractivity contribution in [2.75, 3.05) is 11.9 Å². The van der Waals surface area contributed by atoms with E-state index in [0.717, 1.165) is 36.1 Å². The molecule has 0 unspecified atom stereocenters. The predicted molar refractivity (Wildman–Crippen MR) is 96.8 cm³/mol. The molecule has 1 aliphatic rings. The van der Waals surface area contributed by atoms with Crippen LogP contribution in [-0.4, -0.2) is 23.4 Å². The fourth-order valence-corrected chi connectivity index (χ4v) is 4.16. The Morgan fingerprint density at radius 1 is 1.12 bits per heavy atom. The number of nitrogens with one attached hydrogen (secondary N) is 1. The van der Waals surface area contributed by atoms with E-state index in [2.05, 4.69) is 5.32 Å². The smallest absolute Gasteiger partial charge is 0.348 e. The number of carboxylic acids is 1. The van der Waals surface area contributed by atoms with Gasteiger partial charge in [-0.05, 0) is 24.5 Å². The topological polar surface area (TPSA) is 66.4 Å². The molecule has 0 bridgehead atoms. The van der Waals surface area contributed by atoms with Gasteiger partial charge in [0.1, 0.15) is 4.88 Å². The number of Topliss-reactive ketones (excluding diaryl/α,β-unsaturated/α-hetero) is 1. The molecular weight excluding hydrogens is 322 g/mol. The summed E-state index contributed by atoms with van der Waals surface area (Å²) in [7, 11) is 0. The lowest BCUT2D eigenvalue weighted by Crippen LogP contribution is -2.25. The molecule has 4 nitrogen and oxygen atoms in total. The van der Waals surface area contributed by atoms with E-state index in [1.807, 2.05) is 36.4 Å². The summed E-state index contributed by atoms with van der Waals surface area (Å²) in [6.07, 6.45) is 5.38. The molecular formula is C19H21NO3S. The van der Waals surface area contributed by atoms with Crippen LogP contribution in [0, 0.1) is 5.92 Å². The molecule has 1 aromatic heterocycles. The van der Waals surface area contributed by atoms with Crippen molar-refractivity contribution in [3.05, 3.63) is 41.3 Å². The van der Waals surface area contributed by atoms with E-state index < -0.39 is 5.97 Å². The Bertz CT molecular complexity index is 717. The maximum atomic E-state index is 12.3. The highest BCUT2D eigenvalue weighted by Crippen LogP contribution is 2.35. The van der Waals surface area contributed by atoms with E-state index in [1.54, 1.807) is 0 Å². The monoisotopic (exact) mass is 343 g/mol. The van der Waals surface area contributed by atoms with Crippen molar-refractivity contribution < 1.29 is 14.7 Å². The van der Waals surface area contributed by atoms with Crippen LogP contribution in [0.1, 0.15) is 41.8 Å². The van der Waals surface area contributed by atoms with Gasteiger partial charge < -0.3 is 10.4 Å². The molecule has 0 aliphatic heterocycles. The van der Waals surface area contributed by atoms with Crippen molar-refractivity contribution in [2.24, 2.45) is 5.92 Å². The first-order chi connectivity index (χ1) is 11.6. The SMILES string of the molecule is O=C(O)c1sc(-c2ccccc2)cc1NCC(=O)C1CCCCC1. The lowest BCUT2D eigenvalue weighted by Gasteiger charge is -2.20. The number of carbonyl (C=O) groups excluding carboxylic acids is 1. The quantitative estimate of drug-likeness (QED) is 0.799. The summed E-state index contributed by atoms with van der Waals surface area (Å²) in [6, 6.07) is 11.5. The van der Waals surface area contributed by atoms with Gasteiger partial charge in [0.15, 0.2) is 5.78 Å². The number of thiophene rings is 1. The van der Waals surface area contributed by atoms with Crippen LogP contribution in [0.3, 0.4) is 0 Å². The third-order valence-corrected chi connectivity index (χ3v) is 5.67. The first-order valence-electron chi connectivity index (χ1n) is 8.34. The molecule has 3 rings (SSSR count). The number of hydrogen-bond acceptors (Lipinski definition) is 4. The number of anilines is 1. The predicted octanol–water partition coefficient (Wildman–Crippen LogP) is 4.67. The number of aromatic carboxylic acids is 1. The van der Waals surface area contributed by atoms with Gasteiger partial charge in [-0.3, -0.25) is 4.79 Å². The normalized spacial score (nSPS) is 15.2. The average Bonchev–Trinajstić information content (AvgIpc) is 3.06. The highest BCUT2D eigenvalue weighted by atomic mass is 32.1. The Morgan fingerprint density at radius 2 is 1.83 bits per heavy atom. The van der Waals surface area contributed by atoms with Crippen LogP contribution >= 0.6 is 11.3 Å². The molecule has 2 aromatic rings. The molecule has 1 saturated carbocycles. The molecule has 0 radical (unpaired) electrons. The molecule has 0 atom stereocenters. The zero-order chi connectivity index (χ0) is 16.9. The van der Waals surface area contributed by atoms with Crippen molar-refractivity contribution >= 4 is 28.8 Å². The molecule has 1 aromatic carbocycles. The molecule has 1 heterocycles. The van der Waals surface area contributed by atoms with Crippen LogP contribution in [-0.2, 0) is 4.79 Å². The third kappa shape index (κ3) is 3.85. The fourth-order valence-electron chi connectivity index (χ4n) is 3.18. The second-order valence-corrected chi connectivity index (χ2v) is 7.23. The van der Waals surface area contributed by atoms with Crippen LogP contribution in [0.15, 0.2) is 36.4 Å². The van der Waals surface area contributed by atoms with Crippen LogP contribution < -0.4 is 5.32 Å². The first kappa shape index (κ1) is 16.7. The van der Waals surface area contributed by atoms with Gasteiger partial charge in [0.2, 0.25) is 0 Å². The van der Waals surface area contributed by atoms with Crippen LogP contribution in [0.2, 0.25) is 0 Å². The van der Waals surface area contributed by atoms with E-state index in [0.29, 0.717) is 5.69 Å². The minimum Gasteiger partial charge on any atom is -0.477 e. The number of carbonyl (C=O) groups is 2. The van der Waals surface area contributed by atoms with Gasteiger partial charge in [-0.25, -0.2) is 4.79 Å². The minimum atomic E-state index is -0.963. The van der Waals surface area contributed by atoms with Crippen molar-refractivity contribution in [3.63, 3.8) is 0 Å². The maximum Gasteiger partial charge on any atom is 0.348 e. The minimum absolute atomic E-state index is 0.131. The average molecular weight is 343 g/mol. The van der Waals surface area contributed by atoms with Crippen molar-refractivity contribution in [1.82, 2.24) is 0 Å². The fraction of sp³-hybridized carbons (Fsp3) is 0.368. The second kappa shape index (κ2) is 7.62. The molecule has 24 heavy (non-hydrogen) atoms. The molecule has 2 N–H and O–H groups in total. The third-order valence-electron chi connectivity index (χ3n) is 4.50. The van der Waals surface area contributed by atoms with Crippen LogP contribution in [0.4, 0.5) is 5.69 Å². The lowest BCUT2D eigenvalue weighted by atomic mass is 9.86. The highest BCUT2D eigenvalue weighted by molar-refractivity contribution is 7.18. The summed E-state index contributed by atoms with van der Waals surface area (Å²) in [4.78, 5) is 25.0. The van der Waals surface area contributed by atoms with Crippen molar-refractivity contribution in [1.29, 1.82) is 0 Å². The van der Waals surface area contributed by atoms with Gasteiger partial charge in [-0.15, -0.1) is 11.3 Å². The summed E-state index contributed by atoms with van der Waals surface area (Å²) in [5.74, 6) is -0.639. The molecule has 126 valence electrons. The Labute approximate surface area is 145 Å². The summed E-state index contributed by atoms with van der Waals surface area (Å²) >= 11 is 1.23. The van der Waals surface area contributed by atoms with Gasteiger partial charge in [0, 0.05) is 10.8 Å². The van der Waals surface area contributed by atoms with E-state index >= 15 is 0 Å². The summed E-state index contributed by atoms with van der Waals surface area (Å²) in [5.41, 5.74) is 1.52. The first-order valence-corrected chi connectivity index (χ1v) is 9.16. The zero-order valence-electron chi connectivity index (χ0n) is 13.5. The van der Waals surface area contributed by atoms with Crippen LogP contribution in [0.25, 0.3) is 10.4 Å². The maximum absolute atomic E-state index is 12.3. The number of hydrogen-bond donors (Lipinski definition) is 2. The van der Waals surface area contributed by atoms with Gasteiger partial charge >= 0.3 is 5.97 Å².